The molecule has 2 saturated carbocycles. The predicted octanol–water partition coefficient (Wildman–Crippen LogP) is 1.36. The van der Waals surface area contributed by atoms with E-state index in [-0.39, 0.29) is 17.7 Å². The van der Waals surface area contributed by atoms with Crippen LogP contribution in [0.4, 0.5) is 0 Å². The van der Waals surface area contributed by atoms with Gasteiger partial charge in [-0.2, -0.15) is 0 Å². The second kappa shape index (κ2) is 4.00. The van der Waals surface area contributed by atoms with Gasteiger partial charge >= 0.3 is 5.97 Å². The summed E-state index contributed by atoms with van der Waals surface area (Å²) in [6.07, 6.45) is 5.17. The van der Waals surface area contributed by atoms with Gasteiger partial charge in [0.2, 0.25) is 5.91 Å². The summed E-state index contributed by atoms with van der Waals surface area (Å²) in [5.74, 6) is -0.647. The molecule has 1 N–H and O–H groups in total. The van der Waals surface area contributed by atoms with Crippen LogP contribution in [0.25, 0.3) is 0 Å². The van der Waals surface area contributed by atoms with Crippen LogP contribution in [0.15, 0.2) is 0 Å². The Balaban J connectivity index is 1.80. The number of carbonyl (C=O) groups excluding carboxylic acids is 1. The van der Waals surface area contributed by atoms with E-state index >= 15 is 0 Å². The Labute approximate surface area is 101 Å². The van der Waals surface area contributed by atoms with Gasteiger partial charge in [0.15, 0.2) is 0 Å². The number of aliphatic carboxylic acids is 1. The third-order valence-corrected chi connectivity index (χ3v) is 4.90. The standard InChI is InChI=1S/C13H19NO3/c15-12(14-5-1-2-6-14)10-8-3-4-9(7-8)11(10)13(16)17/h8-11H,1-7H2,(H,16,17)/t8-,9-,10+,11-/m0/s1. The average Bonchev–Trinajstić information content (AvgIpc) is 3.02. The number of hydrogen-bond acceptors (Lipinski definition) is 2. The van der Waals surface area contributed by atoms with Crippen LogP contribution in [-0.2, 0) is 9.59 Å². The highest BCUT2D eigenvalue weighted by atomic mass is 16.4. The van der Waals surface area contributed by atoms with E-state index in [1.54, 1.807) is 0 Å². The Morgan fingerprint density at radius 1 is 1.00 bits per heavy atom. The zero-order chi connectivity index (χ0) is 12.0. The minimum atomic E-state index is -0.755. The van der Waals surface area contributed by atoms with Crippen LogP contribution in [-0.4, -0.2) is 35.0 Å². The van der Waals surface area contributed by atoms with Gasteiger partial charge in [-0.05, 0) is 43.9 Å². The Hall–Kier alpha value is -1.06. The van der Waals surface area contributed by atoms with Crippen molar-refractivity contribution in [1.29, 1.82) is 0 Å². The summed E-state index contributed by atoms with van der Waals surface area (Å²) in [7, 11) is 0. The molecule has 0 aromatic heterocycles. The molecule has 1 heterocycles. The van der Waals surface area contributed by atoms with E-state index in [9.17, 15) is 14.7 Å². The fraction of sp³-hybridized carbons (Fsp3) is 0.846. The maximum atomic E-state index is 12.4. The monoisotopic (exact) mass is 237 g/mol. The lowest BCUT2D eigenvalue weighted by Gasteiger charge is -2.30. The lowest BCUT2D eigenvalue weighted by atomic mass is 9.78. The van der Waals surface area contributed by atoms with Gasteiger partial charge in [0.25, 0.3) is 0 Å². The van der Waals surface area contributed by atoms with Crippen LogP contribution >= 0.6 is 0 Å². The topological polar surface area (TPSA) is 57.6 Å². The first-order chi connectivity index (χ1) is 8.18. The molecule has 3 rings (SSSR count). The molecule has 2 bridgehead atoms. The molecule has 0 spiro atoms. The second-order valence-corrected chi connectivity index (χ2v) is 5.76. The van der Waals surface area contributed by atoms with E-state index in [0.717, 1.165) is 45.2 Å². The SMILES string of the molecule is O=C(O)[C@H]1[C@H]2CC[C@@H](C2)[C@H]1C(=O)N1CCCC1. The molecule has 4 nitrogen and oxygen atoms in total. The number of nitrogens with zero attached hydrogens (tertiary/aromatic N) is 1. The molecule has 1 amide bonds. The first-order valence-corrected chi connectivity index (χ1v) is 6.70. The minimum absolute atomic E-state index is 0.127. The van der Waals surface area contributed by atoms with Crippen molar-refractivity contribution in [2.24, 2.45) is 23.7 Å². The van der Waals surface area contributed by atoms with Crippen molar-refractivity contribution >= 4 is 11.9 Å². The molecule has 1 saturated heterocycles. The molecule has 4 atom stereocenters. The van der Waals surface area contributed by atoms with Gasteiger partial charge in [-0.1, -0.05) is 0 Å². The van der Waals surface area contributed by atoms with Gasteiger partial charge in [0.1, 0.15) is 0 Å². The van der Waals surface area contributed by atoms with Gasteiger partial charge in [0.05, 0.1) is 11.8 Å². The number of fused-ring (bicyclic) bond motifs is 2. The summed E-state index contributed by atoms with van der Waals surface area (Å²) in [6.45, 7) is 1.66. The highest BCUT2D eigenvalue weighted by Gasteiger charge is 2.54. The number of carbonyl (C=O) groups is 2. The molecule has 0 aromatic carbocycles. The summed E-state index contributed by atoms with van der Waals surface area (Å²) in [6, 6.07) is 0. The zero-order valence-corrected chi connectivity index (χ0v) is 9.97. The van der Waals surface area contributed by atoms with Crippen molar-refractivity contribution in [3.05, 3.63) is 0 Å². The molecule has 0 radical (unpaired) electrons. The Morgan fingerprint density at radius 2 is 1.59 bits per heavy atom. The number of likely N-dealkylation sites (tertiary alicyclic amines) is 1. The molecule has 2 aliphatic carbocycles. The maximum Gasteiger partial charge on any atom is 0.307 e. The summed E-state index contributed by atoms with van der Waals surface area (Å²) < 4.78 is 0. The van der Waals surface area contributed by atoms with Crippen LogP contribution in [0.2, 0.25) is 0 Å². The summed E-state index contributed by atoms with van der Waals surface area (Å²) in [5.41, 5.74) is 0. The van der Waals surface area contributed by atoms with E-state index in [1.807, 2.05) is 4.90 Å². The normalized spacial score (nSPS) is 39.9. The van der Waals surface area contributed by atoms with Crippen LogP contribution in [0.5, 0.6) is 0 Å². The van der Waals surface area contributed by atoms with Crippen molar-refractivity contribution in [3.63, 3.8) is 0 Å². The quantitative estimate of drug-likeness (QED) is 0.788. The molecule has 0 unspecified atom stereocenters. The highest BCUT2D eigenvalue weighted by molar-refractivity contribution is 5.86. The van der Waals surface area contributed by atoms with Crippen molar-refractivity contribution < 1.29 is 14.7 Å². The lowest BCUT2D eigenvalue weighted by molar-refractivity contribution is -0.152. The van der Waals surface area contributed by atoms with E-state index in [2.05, 4.69) is 0 Å². The Bertz CT molecular complexity index is 349. The Kier molecular flexibility index (Phi) is 2.60. The van der Waals surface area contributed by atoms with E-state index in [0.29, 0.717) is 5.92 Å². The first kappa shape index (κ1) is 11.1. The molecule has 17 heavy (non-hydrogen) atoms. The summed E-state index contributed by atoms with van der Waals surface area (Å²) in [4.78, 5) is 25.7. The van der Waals surface area contributed by atoms with Gasteiger partial charge < -0.3 is 10.0 Å². The predicted molar refractivity (Wildman–Crippen MR) is 61.3 cm³/mol. The van der Waals surface area contributed by atoms with Gasteiger partial charge in [-0.3, -0.25) is 9.59 Å². The zero-order valence-electron chi connectivity index (χ0n) is 9.97. The smallest absolute Gasteiger partial charge is 0.307 e. The molecular weight excluding hydrogens is 218 g/mol. The highest BCUT2D eigenvalue weighted by Crippen LogP contribution is 2.53. The maximum absolute atomic E-state index is 12.4. The number of hydrogen-bond donors (Lipinski definition) is 1. The van der Waals surface area contributed by atoms with Crippen molar-refractivity contribution in [2.45, 2.75) is 32.1 Å². The van der Waals surface area contributed by atoms with Crippen molar-refractivity contribution in [3.8, 4) is 0 Å². The van der Waals surface area contributed by atoms with Crippen molar-refractivity contribution in [2.75, 3.05) is 13.1 Å². The number of amides is 1. The molecule has 1 aliphatic heterocycles. The van der Waals surface area contributed by atoms with Gasteiger partial charge in [0, 0.05) is 13.1 Å². The van der Waals surface area contributed by atoms with E-state index in [1.165, 1.54) is 0 Å². The van der Waals surface area contributed by atoms with Gasteiger partial charge in [-0.25, -0.2) is 0 Å². The summed E-state index contributed by atoms with van der Waals surface area (Å²) >= 11 is 0. The summed E-state index contributed by atoms with van der Waals surface area (Å²) in [5, 5.41) is 9.33. The van der Waals surface area contributed by atoms with E-state index in [4.69, 9.17) is 0 Å². The Morgan fingerprint density at radius 3 is 2.18 bits per heavy atom. The number of carboxylic acids is 1. The second-order valence-electron chi connectivity index (χ2n) is 5.76. The van der Waals surface area contributed by atoms with Crippen LogP contribution in [0.1, 0.15) is 32.1 Å². The van der Waals surface area contributed by atoms with E-state index < -0.39 is 11.9 Å². The average molecular weight is 237 g/mol. The molecule has 3 fully saturated rings. The third kappa shape index (κ3) is 1.65. The fourth-order valence-electron chi connectivity index (χ4n) is 4.15. The first-order valence-electron chi connectivity index (χ1n) is 6.70. The van der Waals surface area contributed by atoms with Crippen LogP contribution in [0, 0.1) is 23.7 Å². The van der Waals surface area contributed by atoms with Gasteiger partial charge in [-0.15, -0.1) is 0 Å². The molecular formula is C13H19NO3. The number of carboxylic acid groups (broad SMARTS) is 1. The number of rotatable bonds is 2. The largest absolute Gasteiger partial charge is 0.481 e. The lowest BCUT2D eigenvalue weighted by Crippen LogP contribution is -2.42. The molecule has 94 valence electrons. The minimum Gasteiger partial charge on any atom is -0.481 e. The van der Waals surface area contributed by atoms with Crippen LogP contribution < -0.4 is 0 Å². The van der Waals surface area contributed by atoms with Crippen molar-refractivity contribution in [1.82, 2.24) is 4.90 Å². The van der Waals surface area contributed by atoms with Crippen LogP contribution in [0.3, 0.4) is 0 Å². The molecule has 4 heteroatoms. The third-order valence-electron chi connectivity index (χ3n) is 4.90. The molecule has 0 aromatic rings. The molecule has 3 aliphatic rings. The fourth-order valence-corrected chi connectivity index (χ4v) is 4.15.